The molecule has 0 aromatic carbocycles. The van der Waals surface area contributed by atoms with Gasteiger partial charge in [-0.1, -0.05) is 6.42 Å². The largest absolute Gasteiger partial charge is 0.480 e. The van der Waals surface area contributed by atoms with E-state index < -0.39 is 18.0 Å². The molecule has 1 fully saturated rings. The Kier molecular flexibility index (Phi) is 5.91. The van der Waals surface area contributed by atoms with Crippen molar-refractivity contribution in [2.45, 2.75) is 45.2 Å². The second-order valence-corrected chi connectivity index (χ2v) is 4.94. The summed E-state index contributed by atoms with van der Waals surface area (Å²) >= 11 is 0. The Balaban J connectivity index is 2.24. The van der Waals surface area contributed by atoms with E-state index in [1.165, 1.54) is 26.2 Å². The summed E-state index contributed by atoms with van der Waals surface area (Å²) in [5.41, 5.74) is 0. The van der Waals surface area contributed by atoms with Crippen LogP contribution in [0.15, 0.2) is 0 Å². The highest BCUT2D eigenvalue weighted by molar-refractivity contribution is 5.82. The first-order valence-corrected chi connectivity index (χ1v) is 6.51. The smallest absolute Gasteiger partial charge is 0.325 e. The van der Waals surface area contributed by atoms with E-state index in [1.807, 2.05) is 6.92 Å². The standard InChI is InChI=1S/C12H23N3O3/c1-9(8-15-6-4-3-5-7-15)13-12(18)14-10(2)11(16)17/h9-10H,3-8H2,1-2H3,(H,16,17)(H2,13,14,18). The molecule has 104 valence electrons. The number of carboxylic acids is 1. The number of carbonyl (C=O) groups excluding carboxylic acids is 1. The Bertz CT molecular complexity index is 290. The third-order valence-corrected chi connectivity index (χ3v) is 3.08. The van der Waals surface area contributed by atoms with Crippen LogP contribution >= 0.6 is 0 Å². The van der Waals surface area contributed by atoms with Crippen LogP contribution in [0.5, 0.6) is 0 Å². The van der Waals surface area contributed by atoms with Crippen LogP contribution in [0.1, 0.15) is 33.1 Å². The van der Waals surface area contributed by atoms with Crippen molar-refractivity contribution in [3.8, 4) is 0 Å². The van der Waals surface area contributed by atoms with Crippen LogP contribution in [0.25, 0.3) is 0 Å². The zero-order chi connectivity index (χ0) is 13.5. The molecule has 0 aromatic heterocycles. The van der Waals surface area contributed by atoms with Gasteiger partial charge in [-0.25, -0.2) is 4.79 Å². The van der Waals surface area contributed by atoms with Gasteiger partial charge < -0.3 is 20.6 Å². The number of likely N-dealkylation sites (tertiary alicyclic amines) is 1. The van der Waals surface area contributed by atoms with Gasteiger partial charge in [0.2, 0.25) is 0 Å². The maximum atomic E-state index is 11.5. The van der Waals surface area contributed by atoms with Crippen LogP contribution in [0.2, 0.25) is 0 Å². The predicted octanol–water partition coefficient (Wildman–Crippen LogP) is 0.633. The Morgan fingerprint density at radius 3 is 2.33 bits per heavy atom. The number of carboxylic acid groups (broad SMARTS) is 1. The minimum atomic E-state index is -1.03. The number of rotatable bonds is 5. The summed E-state index contributed by atoms with van der Waals surface area (Å²) in [5.74, 6) is -1.03. The molecule has 1 heterocycles. The fourth-order valence-corrected chi connectivity index (χ4v) is 2.10. The van der Waals surface area contributed by atoms with Crippen molar-refractivity contribution in [2.24, 2.45) is 0 Å². The number of nitrogens with one attached hydrogen (secondary N) is 2. The van der Waals surface area contributed by atoms with Crippen molar-refractivity contribution in [2.75, 3.05) is 19.6 Å². The molecule has 0 aromatic rings. The van der Waals surface area contributed by atoms with Gasteiger partial charge in [-0.15, -0.1) is 0 Å². The summed E-state index contributed by atoms with van der Waals surface area (Å²) in [6.45, 7) is 6.35. The van der Waals surface area contributed by atoms with E-state index in [0.717, 1.165) is 19.6 Å². The minimum Gasteiger partial charge on any atom is -0.480 e. The molecule has 0 aliphatic carbocycles. The van der Waals surface area contributed by atoms with Crippen molar-refractivity contribution in [3.05, 3.63) is 0 Å². The third kappa shape index (κ3) is 5.35. The lowest BCUT2D eigenvalue weighted by Crippen LogP contribution is -2.50. The van der Waals surface area contributed by atoms with Gasteiger partial charge in [-0.3, -0.25) is 4.79 Å². The quantitative estimate of drug-likeness (QED) is 0.675. The first-order valence-electron chi connectivity index (χ1n) is 6.51. The van der Waals surface area contributed by atoms with Gasteiger partial charge in [0.25, 0.3) is 0 Å². The van der Waals surface area contributed by atoms with Gasteiger partial charge in [0.15, 0.2) is 0 Å². The van der Waals surface area contributed by atoms with E-state index in [-0.39, 0.29) is 6.04 Å². The molecule has 6 nitrogen and oxygen atoms in total. The number of hydrogen-bond acceptors (Lipinski definition) is 3. The van der Waals surface area contributed by atoms with Gasteiger partial charge in [0.05, 0.1) is 0 Å². The lowest BCUT2D eigenvalue weighted by Gasteiger charge is -2.29. The SMILES string of the molecule is CC(CN1CCCCC1)NC(=O)NC(C)C(=O)O. The van der Waals surface area contributed by atoms with E-state index >= 15 is 0 Å². The van der Waals surface area contributed by atoms with Gasteiger partial charge >= 0.3 is 12.0 Å². The van der Waals surface area contributed by atoms with Crippen molar-refractivity contribution >= 4 is 12.0 Å². The molecular formula is C12H23N3O3. The molecule has 0 bridgehead atoms. The number of nitrogens with zero attached hydrogens (tertiary/aromatic N) is 1. The predicted molar refractivity (Wildman–Crippen MR) is 68.5 cm³/mol. The monoisotopic (exact) mass is 257 g/mol. The summed E-state index contributed by atoms with van der Waals surface area (Å²) < 4.78 is 0. The maximum absolute atomic E-state index is 11.5. The first-order chi connectivity index (χ1) is 8.49. The van der Waals surface area contributed by atoms with Crippen LogP contribution in [0.4, 0.5) is 4.79 Å². The molecule has 1 aliphatic heterocycles. The Labute approximate surface area is 108 Å². The zero-order valence-corrected chi connectivity index (χ0v) is 11.1. The van der Waals surface area contributed by atoms with Gasteiger partial charge in [0, 0.05) is 12.6 Å². The number of carbonyl (C=O) groups is 2. The molecule has 3 N–H and O–H groups in total. The number of amides is 2. The second-order valence-electron chi connectivity index (χ2n) is 4.94. The van der Waals surface area contributed by atoms with Crippen molar-refractivity contribution in [3.63, 3.8) is 0 Å². The molecule has 6 heteroatoms. The minimum absolute atomic E-state index is 0.0177. The highest BCUT2D eigenvalue weighted by Gasteiger charge is 2.17. The van der Waals surface area contributed by atoms with Crippen LogP contribution < -0.4 is 10.6 Å². The summed E-state index contributed by atoms with van der Waals surface area (Å²) in [7, 11) is 0. The third-order valence-electron chi connectivity index (χ3n) is 3.08. The van der Waals surface area contributed by atoms with Crippen LogP contribution in [-0.4, -0.2) is 53.7 Å². The van der Waals surface area contributed by atoms with E-state index in [0.29, 0.717) is 0 Å². The average Bonchev–Trinajstić information content (AvgIpc) is 2.29. The maximum Gasteiger partial charge on any atom is 0.325 e. The number of aliphatic carboxylic acids is 1. The molecule has 1 aliphatic rings. The molecule has 2 unspecified atom stereocenters. The molecule has 0 spiro atoms. The highest BCUT2D eigenvalue weighted by atomic mass is 16.4. The number of piperidine rings is 1. The molecule has 2 amide bonds. The number of hydrogen-bond donors (Lipinski definition) is 3. The molecule has 1 rings (SSSR count). The van der Waals surface area contributed by atoms with Crippen molar-refractivity contribution < 1.29 is 14.7 Å². The first kappa shape index (κ1) is 14.8. The lowest BCUT2D eigenvalue weighted by molar-refractivity contribution is -0.138. The van der Waals surface area contributed by atoms with E-state index in [4.69, 9.17) is 5.11 Å². The van der Waals surface area contributed by atoms with E-state index in [2.05, 4.69) is 15.5 Å². The van der Waals surface area contributed by atoms with E-state index in [9.17, 15) is 9.59 Å². The van der Waals surface area contributed by atoms with Gasteiger partial charge in [-0.05, 0) is 39.8 Å². The molecular weight excluding hydrogens is 234 g/mol. The summed E-state index contributed by atoms with van der Waals surface area (Å²) in [4.78, 5) is 24.4. The lowest BCUT2D eigenvalue weighted by atomic mass is 10.1. The normalized spacial score (nSPS) is 19.9. The molecule has 0 radical (unpaired) electrons. The fourth-order valence-electron chi connectivity index (χ4n) is 2.10. The number of urea groups is 1. The molecule has 2 atom stereocenters. The summed E-state index contributed by atoms with van der Waals surface area (Å²) in [5, 5.41) is 13.8. The Hall–Kier alpha value is -1.30. The highest BCUT2D eigenvalue weighted by Crippen LogP contribution is 2.08. The Morgan fingerprint density at radius 1 is 1.17 bits per heavy atom. The second kappa shape index (κ2) is 7.20. The van der Waals surface area contributed by atoms with Crippen molar-refractivity contribution in [1.82, 2.24) is 15.5 Å². The molecule has 1 saturated heterocycles. The average molecular weight is 257 g/mol. The summed E-state index contributed by atoms with van der Waals surface area (Å²) in [6, 6.07) is -1.27. The molecule has 18 heavy (non-hydrogen) atoms. The van der Waals surface area contributed by atoms with Gasteiger partial charge in [-0.2, -0.15) is 0 Å². The van der Waals surface area contributed by atoms with E-state index in [1.54, 1.807) is 0 Å². The molecule has 0 saturated carbocycles. The Morgan fingerprint density at radius 2 is 1.78 bits per heavy atom. The van der Waals surface area contributed by atoms with Crippen LogP contribution in [0.3, 0.4) is 0 Å². The van der Waals surface area contributed by atoms with Crippen molar-refractivity contribution in [1.29, 1.82) is 0 Å². The van der Waals surface area contributed by atoms with Crippen LogP contribution in [-0.2, 0) is 4.79 Å². The fraction of sp³-hybridized carbons (Fsp3) is 0.833. The summed E-state index contributed by atoms with van der Waals surface area (Å²) in [6.07, 6.45) is 3.72. The topological polar surface area (TPSA) is 81.7 Å². The van der Waals surface area contributed by atoms with Crippen LogP contribution in [0, 0.1) is 0 Å². The van der Waals surface area contributed by atoms with Gasteiger partial charge in [0.1, 0.15) is 6.04 Å². The zero-order valence-electron chi connectivity index (χ0n) is 11.1.